The van der Waals surface area contributed by atoms with Gasteiger partial charge in [-0.3, -0.25) is 4.18 Å². The first-order valence-electron chi connectivity index (χ1n) is 4.67. The smallest absolute Gasteiger partial charge is 0.266 e. The fourth-order valence-corrected chi connectivity index (χ4v) is 2.75. The van der Waals surface area contributed by atoms with Crippen LogP contribution in [0.3, 0.4) is 0 Å². The first kappa shape index (κ1) is 13.8. The molecule has 0 radical (unpaired) electrons. The summed E-state index contributed by atoms with van der Waals surface area (Å²) in [6, 6.07) is 4.22. The van der Waals surface area contributed by atoms with Gasteiger partial charge in [-0.25, -0.2) is 0 Å². The van der Waals surface area contributed by atoms with Crippen LogP contribution in [0.4, 0.5) is 0 Å². The van der Waals surface area contributed by atoms with Gasteiger partial charge in [0.15, 0.2) is 0 Å². The van der Waals surface area contributed by atoms with Crippen LogP contribution < -0.4 is 0 Å². The average molecular weight is 283 g/mol. The van der Waals surface area contributed by atoms with Crippen molar-refractivity contribution in [2.24, 2.45) is 5.92 Å². The van der Waals surface area contributed by atoms with Gasteiger partial charge >= 0.3 is 0 Å². The summed E-state index contributed by atoms with van der Waals surface area (Å²) in [4.78, 5) is -0.0951. The van der Waals surface area contributed by atoms with Gasteiger partial charge in [0.25, 0.3) is 10.1 Å². The van der Waals surface area contributed by atoms with E-state index < -0.39 is 10.1 Å². The van der Waals surface area contributed by atoms with E-state index in [1.807, 2.05) is 13.8 Å². The topological polar surface area (TPSA) is 43.4 Å². The third kappa shape index (κ3) is 3.63. The van der Waals surface area contributed by atoms with Gasteiger partial charge in [0.1, 0.15) is 4.90 Å². The summed E-state index contributed by atoms with van der Waals surface area (Å²) in [6.07, 6.45) is 0. The molecule has 0 fully saturated rings. The zero-order valence-corrected chi connectivity index (χ0v) is 11.2. The Labute approximate surface area is 105 Å². The van der Waals surface area contributed by atoms with Gasteiger partial charge in [-0.2, -0.15) is 8.42 Å². The maximum atomic E-state index is 11.7. The SMILES string of the molecule is CC(C)COS(=O)(=O)c1cc(Cl)ccc1Cl. The van der Waals surface area contributed by atoms with Gasteiger partial charge in [0.2, 0.25) is 0 Å². The number of rotatable bonds is 4. The molecule has 0 saturated heterocycles. The quantitative estimate of drug-likeness (QED) is 0.796. The van der Waals surface area contributed by atoms with E-state index in [1.54, 1.807) is 0 Å². The molecule has 0 saturated carbocycles. The Morgan fingerprint density at radius 1 is 1.31 bits per heavy atom. The molecule has 90 valence electrons. The van der Waals surface area contributed by atoms with Crippen molar-refractivity contribution in [3.05, 3.63) is 28.2 Å². The Kier molecular flexibility index (Phi) is 4.62. The van der Waals surface area contributed by atoms with Crippen LogP contribution in [0.2, 0.25) is 10.0 Å². The Hall–Kier alpha value is -0.290. The molecular weight excluding hydrogens is 271 g/mol. The van der Waals surface area contributed by atoms with Gasteiger partial charge in [0.05, 0.1) is 11.6 Å². The van der Waals surface area contributed by atoms with Crippen LogP contribution >= 0.6 is 23.2 Å². The molecule has 0 aromatic heterocycles. The van der Waals surface area contributed by atoms with Crippen LogP contribution in [-0.4, -0.2) is 15.0 Å². The second-order valence-electron chi connectivity index (χ2n) is 3.71. The molecule has 0 amide bonds. The van der Waals surface area contributed by atoms with Crippen LogP contribution in [0.25, 0.3) is 0 Å². The van der Waals surface area contributed by atoms with Crippen molar-refractivity contribution >= 4 is 33.3 Å². The Balaban J connectivity index is 3.02. The molecule has 0 aliphatic carbocycles. The molecule has 0 N–H and O–H groups in total. The van der Waals surface area contributed by atoms with Crippen LogP contribution in [0.5, 0.6) is 0 Å². The molecule has 0 bridgehead atoms. The molecule has 0 unspecified atom stereocenters. The first-order chi connectivity index (χ1) is 7.33. The zero-order chi connectivity index (χ0) is 12.3. The fourth-order valence-electron chi connectivity index (χ4n) is 0.958. The fraction of sp³-hybridized carbons (Fsp3) is 0.400. The summed E-state index contributed by atoms with van der Waals surface area (Å²) >= 11 is 11.5. The maximum absolute atomic E-state index is 11.7. The van der Waals surface area contributed by atoms with E-state index in [0.717, 1.165) is 0 Å². The van der Waals surface area contributed by atoms with Crippen molar-refractivity contribution in [2.75, 3.05) is 6.61 Å². The van der Waals surface area contributed by atoms with Gasteiger partial charge < -0.3 is 0 Å². The predicted octanol–water partition coefficient (Wildman–Crippen LogP) is 3.35. The van der Waals surface area contributed by atoms with Gasteiger partial charge in [-0.1, -0.05) is 37.0 Å². The number of benzene rings is 1. The first-order valence-corrected chi connectivity index (χ1v) is 6.84. The maximum Gasteiger partial charge on any atom is 0.298 e. The van der Waals surface area contributed by atoms with E-state index >= 15 is 0 Å². The minimum Gasteiger partial charge on any atom is -0.266 e. The number of hydrogen-bond acceptors (Lipinski definition) is 3. The molecule has 0 spiro atoms. The molecule has 0 aliphatic rings. The van der Waals surface area contributed by atoms with Crippen molar-refractivity contribution in [3.8, 4) is 0 Å². The zero-order valence-electron chi connectivity index (χ0n) is 8.91. The van der Waals surface area contributed by atoms with E-state index in [0.29, 0.717) is 5.02 Å². The summed E-state index contributed by atoms with van der Waals surface area (Å²) < 4.78 is 28.3. The third-order valence-corrected chi connectivity index (χ3v) is 3.72. The van der Waals surface area contributed by atoms with Crippen molar-refractivity contribution in [1.82, 2.24) is 0 Å². The van der Waals surface area contributed by atoms with Crippen molar-refractivity contribution < 1.29 is 12.6 Å². The molecule has 6 heteroatoms. The highest BCUT2D eigenvalue weighted by Gasteiger charge is 2.19. The van der Waals surface area contributed by atoms with E-state index in [-0.39, 0.29) is 22.4 Å². The third-order valence-electron chi connectivity index (χ3n) is 1.72. The lowest BCUT2D eigenvalue weighted by Crippen LogP contribution is -2.11. The second kappa shape index (κ2) is 5.36. The van der Waals surface area contributed by atoms with Crippen LogP contribution in [0, 0.1) is 5.92 Å². The monoisotopic (exact) mass is 282 g/mol. The molecule has 3 nitrogen and oxygen atoms in total. The van der Waals surface area contributed by atoms with Crippen molar-refractivity contribution in [1.29, 1.82) is 0 Å². The second-order valence-corrected chi connectivity index (χ2v) is 6.13. The molecule has 1 aromatic rings. The summed E-state index contributed by atoms with van der Waals surface area (Å²) in [5.41, 5.74) is 0. The largest absolute Gasteiger partial charge is 0.298 e. The standard InChI is InChI=1S/C10H12Cl2O3S/c1-7(2)6-15-16(13,14)10-5-8(11)3-4-9(10)12/h3-5,7H,6H2,1-2H3. The van der Waals surface area contributed by atoms with E-state index in [2.05, 4.69) is 0 Å². The molecular formula is C10H12Cl2O3S. The van der Waals surface area contributed by atoms with Gasteiger partial charge in [0, 0.05) is 5.02 Å². The lowest BCUT2D eigenvalue weighted by molar-refractivity contribution is 0.275. The number of hydrogen-bond donors (Lipinski definition) is 0. The van der Waals surface area contributed by atoms with Crippen LogP contribution in [0.15, 0.2) is 23.1 Å². The highest BCUT2D eigenvalue weighted by molar-refractivity contribution is 7.86. The predicted molar refractivity (Wildman–Crippen MR) is 64.4 cm³/mol. The Bertz CT molecular complexity index is 469. The van der Waals surface area contributed by atoms with Gasteiger partial charge in [-0.15, -0.1) is 0 Å². The molecule has 0 atom stereocenters. The van der Waals surface area contributed by atoms with Crippen LogP contribution in [-0.2, 0) is 14.3 Å². The van der Waals surface area contributed by atoms with Crippen molar-refractivity contribution in [2.45, 2.75) is 18.7 Å². The normalized spacial score (nSPS) is 12.1. The average Bonchev–Trinajstić information content (AvgIpc) is 2.19. The highest BCUT2D eigenvalue weighted by atomic mass is 35.5. The molecule has 1 rings (SSSR count). The van der Waals surface area contributed by atoms with Gasteiger partial charge in [-0.05, 0) is 24.1 Å². The minimum atomic E-state index is -3.82. The minimum absolute atomic E-state index is 0.0951. The molecule has 16 heavy (non-hydrogen) atoms. The van der Waals surface area contributed by atoms with E-state index in [1.165, 1.54) is 18.2 Å². The van der Waals surface area contributed by atoms with Crippen molar-refractivity contribution in [3.63, 3.8) is 0 Å². The van der Waals surface area contributed by atoms with E-state index in [9.17, 15) is 8.42 Å². The summed E-state index contributed by atoms with van der Waals surface area (Å²) in [5.74, 6) is 0.118. The Morgan fingerprint density at radius 3 is 2.50 bits per heavy atom. The molecule has 0 heterocycles. The summed E-state index contributed by atoms with van der Waals surface area (Å²) in [6.45, 7) is 3.83. The highest BCUT2D eigenvalue weighted by Crippen LogP contribution is 2.26. The summed E-state index contributed by atoms with van der Waals surface area (Å²) in [5, 5.41) is 0.407. The van der Waals surface area contributed by atoms with Crippen LogP contribution in [0.1, 0.15) is 13.8 Å². The molecule has 0 aliphatic heterocycles. The van der Waals surface area contributed by atoms with E-state index in [4.69, 9.17) is 27.4 Å². The number of halogens is 2. The lowest BCUT2D eigenvalue weighted by atomic mass is 10.2. The lowest BCUT2D eigenvalue weighted by Gasteiger charge is -2.09. The summed E-state index contributed by atoms with van der Waals surface area (Å²) in [7, 11) is -3.82. The Morgan fingerprint density at radius 2 is 1.94 bits per heavy atom. The molecule has 1 aromatic carbocycles.